The predicted molar refractivity (Wildman–Crippen MR) is 148 cm³/mol. The summed E-state index contributed by atoms with van der Waals surface area (Å²) in [6.07, 6.45) is 1.76. The molecule has 8 nitrogen and oxygen atoms in total. The molecule has 3 aromatic rings. The van der Waals surface area contributed by atoms with Crippen LogP contribution in [0.4, 0.5) is 11.4 Å². The van der Waals surface area contributed by atoms with Gasteiger partial charge in [-0.15, -0.1) is 0 Å². The minimum absolute atomic E-state index is 0.00373. The molecule has 37 heavy (non-hydrogen) atoms. The summed E-state index contributed by atoms with van der Waals surface area (Å²) in [6, 6.07) is 18.9. The van der Waals surface area contributed by atoms with Gasteiger partial charge in [0.1, 0.15) is 12.4 Å². The number of amides is 1. The first-order valence-electron chi connectivity index (χ1n) is 11.5. The van der Waals surface area contributed by atoms with Crippen LogP contribution in [0.3, 0.4) is 0 Å². The third kappa shape index (κ3) is 6.28. The number of thioether (sulfide) groups is 1. The highest BCUT2D eigenvalue weighted by atomic mass is 32.2. The summed E-state index contributed by atoms with van der Waals surface area (Å²) in [4.78, 5) is 25.7. The van der Waals surface area contributed by atoms with Crippen LogP contribution in [0.1, 0.15) is 25.0 Å². The largest absolute Gasteiger partial charge is 0.494 e. The molecule has 0 spiro atoms. The van der Waals surface area contributed by atoms with Crippen molar-refractivity contribution >= 4 is 51.7 Å². The average Bonchev–Trinajstić information content (AvgIpc) is 3.17. The van der Waals surface area contributed by atoms with Crippen LogP contribution in [0.5, 0.6) is 17.2 Å². The summed E-state index contributed by atoms with van der Waals surface area (Å²) in [6.45, 7) is 4.89. The molecule has 3 aromatic carbocycles. The van der Waals surface area contributed by atoms with E-state index in [4.69, 9.17) is 26.4 Å². The standard InChI is InChI=1S/C27H24N2O6S2/c1-3-33-22-11-9-20(10-12-22)28-26(30)25(37-27(28)36)16-18-8-13-23(24(15-18)34-4-2)35-17-19-6-5-7-21(14-19)29(31)32/h5-16H,3-4,17H2,1-2H3/b25-16+. The molecule has 1 aliphatic rings. The third-order valence-electron chi connectivity index (χ3n) is 5.28. The van der Waals surface area contributed by atoms with Gasteiger partial charge in [-0.25, -0.2) is 0 Å². The van der Waals surface area contributed by atoms with Crippen LogP contribution in [-0.4, -0.2) is 28.4 Å². The van der Waals surface area contributed by atoms with Gasteiger partial charge in [-0.05, 0) is 67.4 Å². The molecule has 1 heterocycles. The van der Waals surface area contributed by atoms with E-state index in [1.54, 1.807) is 42.5 Å². The fraction of sp³-hybridized carbons (Fsp3) is 0.185. The zero-order chi connectivity index (χ0) is 26.4. The SMILES string of the molecule is CCOc1ccc(N2C(=O)/C(=C\c3ccc(OCc4cccc([N+](=O)[O-])c4)c(OCC)c3)SC2=S)cc1. The van der Waals surface area contributed by atoms with Crippen LogP contribution in [0.25, 0.3) is 6.08 Å². The van der Waals surface area contributed by atoms with Gasteiger partial charge in [0, 0.05) is 12.1 Å². The van der Waals surface area contributed by atoms with E-state index < -0.39 is 4.92 Å². The molecule has 0 aromatic heterocycles. The van der Waals surface area contributed by atoms with E-state index in [0.29, 0.717) is 45.2 Å². The molecule has 0 aliphatic carbocycles. The predicted octanol–water partition coefficient (Wildman–Crippen LogP) is 6.38. The highest BCUT2D eigenvalue weighted by Crippen LogP contribution is 2.38. The van der Waals surface area contributed by atoms with E-state index in [1.165, 1.54) is 28.8 Å². The molecule has 10 heteroatoms. The molecule has 0 N–H and O–H groups in total. The van der Waals surface area contributed by atoms with Gasteiger partial charge in [0.15, 0.2) is 15.8 Å². The first-order valence-corrected chi connectivity index (χ1v) is 12.8. The minimum atomic E-state index is -0.442. The lowest BCUT2D eigenvalue weighted by Gasteiger charge is -2.15. The number of anilines is 1. The monoisotopic (exact) mass is 536 g/mol. The number of thiocarbonyl (C=S) groups is 1. The molecule has 0 saturated carbocycles. The lowest BCUT2D eigenvalue weighted by atomic mass is 10.1. The quantitative estimate of drug-likeness (QED) is 0.128. The van der Waals surface area contributed by atoms with Gasteiger partial charge in [0.25, 0.3) is 11.6 Å². The molecule has 0 radical (unpaired) electrons. The van der Waals surface area contributed by atoms with Crippen LogP contribution in [0.15, 0.2) is 71.6 Å². The normalized spacial score (nSPS) is 14.2. The van der Waals surface area contributed by atoms with Gasteiger partial charge >= 0.3 is 0 Å². The van der Waals surface area contributed by atoms with E-state index in [2.05, 4.69) is 0 Å². The molecule has 0 atom stereocenters. The molecule has 0 bridgehead atoms. The Balaban J connectivity index is 1.52. The summed E-state index contributed by atoms with van der Waals surface area (Å²) in [7, 11) is 0. The Morgan fingerprint density at radius 2 is 1.73 bits per heavy atom. The number of nitrogens with zero attached hydrogens (tertiary/aromatic N) is 2. The number of carbonyl (C=O) groups excluding carboxylic acids is 1. The Kier molecular flexibility index (Phi) is 8.42. The maximum Gasteiger partial charge on any atom is 0.270 e. The number of nitro groups is 1. The summed E-state index contributed by atoms with van der Waals surface area (Å²) >= 11 is 6.71. The van der Waals surface area contributed by atoms with E-state index in [9.17, 15) is 14.9 Å². The second-order valence-corrected chi connectivity index (χ2v) is 9.47. The molecule has 0 unspecified atom stereocenters. The number of benzene rings is 3. The second kappa shape index (κ2) is 11.9. The first kappa shape index (κ1) is 26.2. The highest BCUT2D eigenvalue weighted by molar-refractivity contribution is 8.27. The number of rotatable bonds is 10. The van der Waals surface area contributed by atoms with E-state index in [0.717, 1.165) is 11.3 Å². The average molecular weight is 537 g/mol. The van der Waals surface area contributed by atoms with Crippen molar-refractivity contribution in [2.45, 2.75) is 20.5 Å². The zero-order valence-corrected chi connectivity index (χ0v) is 21.8. The summed E-state index contributed by atoms with van der Waals surface area (Å²) in [5, 5.41) is 11.0. The van der Waals surface area contributed by atoms with Crippen molar-refractivity contribution in [3.8, 4) is 17.2 Å². The number of nitro benzene ring substituents is 1. The van der Waals surface area contributed by atoms with E-state index >= 15 is 0 Å². The number of ether oxygens (including phenoxy) is 3. The number of non-ortho nitro benzene ring substituents is 1. The van der Waals surface area contributed by atoms with Crippen molar-refractivity contribution < 1.29 is 23.9 Å². The summed E-state index contributed by atoms with van der Waals surface area (Å²) in [5.74, 6) is 1.52. The van der Waals surface area contributed by atoms with Crippen LogP contribution in [0.2, 0.25) is 0 Å². The lowest BCUT2D eigenvalue weighted by molar-refractivity contribution is -0.384. The Bertz CT molecular complexity index is 1360. The Morgan fingerprint density at radius 1 is 0.973 bits per heavy atom. The van der Waals surface area contributed by atoms with Crippen molar-refractivity contribution in [3.63, 3.8) is 0 Å². The van der Waals surface area contributed by atoms with E-state index in [-0.39, 0.29) is 18.2 Å². The highest BCUT2D eigenvalue weighted by Gasteiger charge is 2.33. The number of hydrogen-bond donors (Lipinski definition) is 0. The van der Waals surface area contributed by atoms with Gasteiger partial charge in [-0.2, -0.15) is 0 Å². The number of carbonyl (C=O) groups is 1. The van der Waals surface area contributed by atoms with Gasteiger partial charge in [-0.1, -0.05) is 42.2 Å². The van der Waals surface area contributed by atoms with Crippen molar-refractivity contribution in [2.24, 2.45) is 0 Å². The molecule has 1 saturated heterocycles. The maximum absolute atomic E-state index is 13.2. The van der Waals surface area contributed by atoms with Gasteiger partial charge in [0.05, 0.1) is 28.7 Å². The zero-order valence-electron chi connectivity index (χ0n) is 20.2. The molecule has 1 amide bonds. The smallest absolute Gasteiger partial charge is 0.270 e. The molecule has 4 rings (SSSR count). The molecule has 190 valence electrons. The van der Waals surface area contributed by atoms with Gasteiger partial charge in [-0.3, -0.25) is 19.8 Å². The summed E-state index contributed by atoms with van der Waals surface area (Å²) < 4.78 is 17.6. The Hall–Kier alpha value is -3.89. The topological polar surface area (TPSA) is 91.1 Å². The van der Waals surface area contributed by atoms with Crippen LogP contribution in [0, 0.1) is 10.1 Å². The van der Waals surface area contributed by atoms with Crippen LogP contribution in [-0.2, 0) is 11.4 Å². The van der Waals surface area contributed by atoms with Gasteiger partial charge in [0.2, 0.25) is 0 Å². The van der Waals surface area contributed by atoms with Crippen LogP contribution >= 0.6 is 24.0 Å². The molecule has 1 fully saturated rings. The fourth-order valence-corrected chi connectivity index (χ4v) is 4.92. The van der Waals surface area contributed by atoms with Crippen molar-refractivity contribution in [1.29, 1.82) is 0 Å². The fourth-order valence-electron chi connectivity index (χ4n) is 3.62. The first-order chi connectivity index (χ1) is 17.9. The van der Waals surface area contributed by atoms with Crippen molar-refractivity contribution in [3.05, 3.63) is 92.9 Å². The van der Waals surface area contributed by atoms with Crippen LogP contribution < -0.4 is 19.1 Å². The molecular weight excluding hydrogens is 512 g/mol. The second-order valence-electron chi connectivity index (χ2n) is 7.80. The molecule has 1 aliphatic heterocycles. The maximum atomic E-state index is 13.2. The third-order valence-corrected chi connectivity index (χ3v) is 6.58. The molecular formula is C27H24N2O6S2. The van der Waals surface area contributed by atoms with Gasteiger partial charge < -0.3 is 14.2 Å². The number of hydrogen-bond acceptors (Lipinski definition) is 8. The lowest BCUT2D eigenvalue weighted by Crippen LogP contribution is -2.27. The Morgan fingerprint density at radius 3 is 2.43 bits per heavy atom. The van der Waals surface area contributed by atoms with E-state index in [1.807, 2.05) is 32.0 Å². The van der Waals surface area contributed by atoms with Crippen molar-refractivity contribution in [1.82, 2.24) is 0 Å². The summed E-state index contributed by atoms with van der Waals surface area (Å²) in [5.41, 5.74) is 2.09. The Labute approximate surface area is 224 Å². The van der Waals surface area contributed by atoms with Crippen molar-refractivity contribution in [2.75, 3.05) is 18.1 Å². The minimum Gasteiger partial charge on any atom is -0.494 e.